The van der Waals surface area contributed by atoms with E-state index in [0.29, 0.717) is 6.42 Å². The summed E-state index contributed by atoms with van der Waals surface area (Å²) in [7, 11) is 0. The smallest absolute Gasteiger partial charge is 0.331 e. The third kappa shape index (κ3) is 3.83. The van der Waals surface area contributed by atoms with Gasteiger partial charge in [-0.1, -0.05) is 6.92 Å². The van der Waals surface area contributed by atoms with Crippen LogP contribution in [0.15, 0.2) is 11.1 Å². The first-order chi connectivity index (χ1) is 7.83. The van der Waals surface area contributed by atoms with Gasteiger partial charge in [-0.2, -0.15) is 0 Å². The average Bonchev–Trinajstić information content (AvgIpc) is 2.33. The quantitative estimate of drug-likeness (QED) is 0.479. The van der Waals surface area contributed by atoms with E-state index in [4.69, 9.17) is 15.3 Å². The zero-order valence-electron chi connectivity index (χ0n) is 10.3. The number of rotatable bonds is 6. The lowest BCUT2D eigenvalue weighted by atomic mass is 9.97. The molecule has 0 saturated heterocycles. The molecule has 0 aromatic rings. The van der Waals surface area contributed by atoms with Gasteiger partial charge in [0.15, 0.2) is 0 Å². The Bertz CT molecular complexity index is 322. The normalized spacial score (nSPS) is 13.0. The topological polar surface area (TPSA) is 107 Å². The summed E-state index contributed by atoms with van der Waals surface area (Å²) in [4.78, 5) is 22.4. The molecule has 0 rings (SSSR count). The fourth-order valence-electron chi connectivity index (χ4n) is 1.11. The molecule has 1 amide bonds. The van der Waals surface area contributed by atoms with Crippen LogP contribution in [-0.4, -0.2) is 45.9 Å². The molecule has 0 bridgehead atoms. The van der Waals surface area contributed by atoms with E-state index in [0.717, 1.165) is 0 Å². The molecule has 0 spiro atoms. The Morgan fingerprint density at radius 3 is 1.88 bits per heavy atom. The molecule has 0 saturated carbocycles. The van der Waals surface area contributed by atoms with E-state index in [-0.39, 0.29) is 11.1 Å². The van der Waals surface area contributed by atoms with Crippen LogP contribution in [0.1, 0.15) is 27.2 Å². The monoisotopic (exact) mass is 245 g/mol. The van der Waals surface area contributed by atoms with Crippen molar-refractivity contribution in [2.24, 2.45) is 0 Å². The largest absolute Gasteiger partial charge is 0.478 e. The Balaban J connectivity index is 4.98. The van der Waals surface area contributed by atoms with E-state index >= 15 is 0 Å². The Morgan fingerprint density at radius 2 is 1.59 bits per heavy atom. The zero-order chi connectivity index (χ0) is 13.6. The molecule has 0 atom stereocenters. The summed E-state index contributed by atoms with van der Waals surface area (Å²) in [5, 5.41) is 29.5. The summed E-state index contributed by atoms with van der Waals surface area (Å²) in [5.41, 5.74) is -1.13. The Hall–Kier alpha value is -1.40. The molecule has 0 aromatic heterocycles. The molecule has 4 N–H and O–H groups in total. The van der Waals surface area contributed by atoms with Crippen LogP contribution in [0.5, 0.6) is 0 Å². The van der Waals surface area contributed by atoms with Gasteiger partial charge in [-0.25, -0.2) is 4.79 Å². The summed E-state index contributed by atoms with van der Waals surface area (Å²) in [5.74, 6) is -1.78. The number of aliphatic hydroxyl groups is 2. The number of carboxylic acid groups (broad SMARTS) is 1. The zero-order valence-corrected chi connectivity index (χ0v) is 10.3. The molecular formula is C11H19NO5. The van der Waals surface area contributed by atoms with E-state index in [9.17, 15) is 9.59 Å². The van der Waals surface area contributed by atoms with Crippen LogP contribution in [0, 0.1) is 0 Å². The summed E-state index contributed by atoms with van der Waals surface area (Å²) < 4.78 is 0. The van der Waals surface area contributed by atoms with Crippen LogP contribution in [0.4, 0.5) is 0 Å². The van der Waals surface area contributed by atoms with Crippen molar-refractivity contribution in [2.75, 3.05) is 13.2 Å². The maximum Gasteiger partial charge on any atom is 0.331 e. The number of aliphatic carboxylic acids is 1. The van der Waals surface area contributed by atoms with Crippen LogP contribution >= 0.6 is 0 Å². The van der Waals surface area contributed by atoms with Gasteiger partial charge >= 0.3 is 5.97 Å². The summed E-state index contributed by atoms with van der Waals surface area (Å²) in [6, 6.07) is 0. The molecule has 0 fully saturated rings. The minimum Gasteiger partial charge on any atom is -0.478 e. The number of nitrogens with one attached hydrogen (secondary N) is 1. The summed E-state index contributed by atoms with van der Waals surface area (Å²) in [6.07, 6.45) is 0.338. The third-order valence-corrected chi connectivity index (χ3v) is 2.88. The van der Waals surface area contributed by atoms with Crippen LogP contribution in [-0.2, 0) is 9.59 Å². The van der Waals surface area contributed by atoms with E-state index in [1.165, 1.54) is 13.8 Å². The summed E-state index contributed by atoms with van der Waals surface area (Å²) in [6.45, 7) is 3.59. The molecule has 0 aliphatic heterocycles. The van der Waals surface area contributed by atoms with Crippen molar-refractivity contribution in [3.63, 3.8) is 0 Å². The van der Waals surface area contributed by atoms with Gasteiger partial charge in [0.05, 0.1) is 18.8 Å². The van der Waals surface area contributed by atoms with E-state index in [1.807, 2.05) is 0 Å². The third-order valence-electron chi connectivity index (χ3n) is 2.88. The fraction of sp³-hybridized carbons (Fsp3) is 0.636. The molecular weight excluding hydrogens is 226 g/mol. The van der Waals surface area contributed by atoms with Gasteiger partial charge < -0.3 is 20.6 Å². The van der Waals surface area contributed by atoms with Gasteiger partial charge in [0, 0.05) is 11.1 Å². The van der Waals surface area contributed by atoms with Crippen molar-refractivity contribution in [3.8, 4) is 0 Å². The van der Waals surface area contributed by atoms with Gasteiger partial charge in [0.25, 0.3) is 0 Å². The highest BCUT2D eigenvalue weighted by Gasteiger charge is 2.29. The van der Waals surface area contributed by atoms with Crippen molar-refractivity contribution in [2.45, 2.75) is 32.7 Å². The van der Waals surface area contributed by atoms with Crippen LogP contribution in [0.3, 0.4) is 0 Å². The standard InChI is InChI=1S/C11H19NO5/c1-4-11(5-13,6-14)12-9(15)7(2)8(3)10(16)17/h13-14H,4-6H2,1-3H3,(H,12,15)(H,16,17). The lowest BCUT2D eigenvalue weighted by Crippen LogP contribution is -2.54. The number of amides is 1. The molecule has 6 heteroatoms. The first kappa shape index (κ1) is 15.6. The van der Waals surface area contributed by atoms with Gasteiger partial charge in [0.1, 0.15) is 0 Å². The predicted octanol–water partition coefficient (Wildman–Crippen LogP) is -0.343. The fourth-order valence-corrected chi connectivity index (χ4v) is 1.11. The summed E-state index contributed by atoms with van der Waals surface area (Å²) >= 11 is 0. The van der Waals surface area contributed by atoms with Crippen molar-refractivity contribution >= 4 is 11.9 Å². The lowest BCUT2D eigenvalue weighted by molar-refractivity contribution is -0.133. The number of carbonyl (C=O) groups is 2. The number of carbonyl (C=O) groups excluding carboxylic acids is 1. The number of hydrogen-bond donors (Lipinski definition) is 4. The molecule has 0 aliphatic carbocycles. The highest BCUT2D eigenvalue weighted by Crippen LogP contribution is 2.11. The van der Waals surface area contributed by atoms with E-state index < -0.39 is 30.6 Å². The highest BCUT2D eigenvalue weighted by atomic mass is 16.4. The van der Waals surface area contributed by atoms with Gasteiger partial charge in [-0.05, 0) is 20.3 Å². The molecule has 0 heterocycles. The Kier molecular flexibility index (Phi) is 5.84. The second-order valence-electron chi connectivity index (χ2n) is 3.96. The van der Waals surface area contributed by atoms with E-state index in [2.05, 4.69) is 5.32 Å². The van der Waals surface area contributed by atoms with Crippen molar-refractivity contribution in [1.82, 2.24) is 5.32 Å². The SMILES string of the molecule is CCC(CO)(CO)NC(=O)C(C)=C(C)C(=O)O. The van der Waals surface area contributed by atoms with Gasteiger partial charge in [-0.3, -0.25) is 4.79 Å². The minimum atomic E-state index is -1.17. The molecule has 6 nitrogen and oxygen atoms in total. The molecule has 0 radical (unpaired) electrons. The van der Waals surface area contributed by atoms with Crippen LogP contribution < -0.4 is 5.32 Å². The molecule has 0 aliphatic rings. The molecule has 17 heavy (non-hydrogen) atoms. The first-order valence-corrected chi connectivity index (χ1v) is 5.28. The number of hydrogen-bond acceptors (Lipinski definition) is 4. The predicted molar refractivity (Wildman–Crippen MR) is 61.3 cm³/mol. The molecule has 0 unspecified atom stereocenters. The average molecular weight is 245 g/mol. The number of carboxylic acids is 1. The van der Waals surface area contributed by atoms with Crippen LogP contribution in [0.2, 0.25) is 0 Å². The van der Waals surface area contributed by atoms with Gasteiger partial charge in [-0.15, -0.1) is 0 Å². The molecule has 98 valence electrons. The second kappa shape index (κ2) is 6.36. The van der Waals surface area contributed by atoms with E-state index in [1.54, 1.807) is 6.92 Å². The Morgan fingerprint density at radius 1 is 1.12 bits per heavy atom. The second-order valence-corrected chi connectivity index (χ2v) is 3.96. The Labute approximate surface area is 100.0 Å². The lowest BCUT2D eigenvalue weighted by Gasteiger charge is -2.29. The van der Waals surface area contributed by atoms with Crippen molar-refractivity contribution in [1.29, 1.82) is 0 Å². The highest BCUT2D eigenvalue weighted by molar-refractivity contribution is 6.01. The molecule has 0 aromatic carbocycles. The first-order valence-electron chi connectivity index (χ1n) is 5.28. The van der Waals surface area contributed by atoms with Gasteiger partial charge in [0.2, 0.25) is 5.91 Å². The van der Waals surface area contributed by atoms with Crippen LogP contribution in [0.25, 0.3) is 0 Å². The van der Waals surface area contributed by atoms with Crippen molar-refractivity contribution in [3.05, 3.63) is 11.1 Å². The number of aliphatic hydroxyl groups excluding tert-OH is 2. The maximum atomic E-state index is 11.7. The van der Waals surface area contributed by atoms with Crippen molar-refractivity contribution < 1.29 is 24.9 Å². The maximum absolute atomic E-state index is 11.7. The minimum absolute atomic E-state index is 0.0530.